The maximum atomic E-state index is 11.5. The Morgan fingerprint density at radius 1 is 1.00 bits per heavy atom. The van der Waals surface area contributed by atoms with Crippen molar-refractivity contribution in [3.63, 3.8) is 0 Å². The number of fused-ring (bicyclic) bond motifs is 1. The Balaban J connectivity index is 1.98. The third kappa shape index (κ3) is 4.32. The third-order valence-electron chi connectivity index (χ3n) is 4.17. The summed E-state index contributed by atoms with van der Waals surface area (Å²) >= 11 is 0. The van der Waals surface area contributed by atoms with Crippen molar-refractivity contribution in [2.24, 2.45) is 10.2 Å². The molecule has 148 valence electrons. The fourth-order valence-electron chi connectivity index (χ4n) is 2.62. The quantitative estimate of drug-likeness (QED) is 0.466. The van der Waals surface area contributed by atoms with E-state index in [-0.39, 0.29) is 17.2 Å². The Bertz CT molecular complexity index is 1090. The molecule has 8 nitrogen and oxygen atoms in total. The summed E-state index contributed by atoms with van der Waals surface area (Å²) in [5.41, 5.74) is 0.943. The number of phenols is 1. The summed E-state index contributed by atoms with van der Waals surface area (Å²) < 4.78 is 10.2. The van der Waals surface area contributed by atoms with Crippen molar-refractivity contribution in [2.75, 3.05) is 7.11 Å². The average molecular weight is 394 g/mol. The third-order valence-corrected chi connectivity index (χ3v) is 4.17. The van der Waals surface area contributed by atoms with Crippen LogP contribution in [-0.2, 0) is 9.53 Å². The Hall–Kier alpha value is -3.94. The van der Waals surface area contributed by atoms with Crippen LogP contribution < -0.4 is 4.74 Å². The number of rotatable bonds is 6. The molecule has 8 heteroatoms. The first-order valence-electron chi connectivity index (χ1n) is 8.65. The van der Waals surface area contributed by atoms with Gasteiger partial charge in [0.15, 0.2) is 11.9 Å². The monoisotopic (exact) mass is 394 g/mol. The molecule has 0 bridgehead atoms. The minimum atomic E-state index is -1.11. The van der Waals surface area contributed by atoms with Crippen LogP contribution in [0.2, 0.25) is 0 Å². The Morgan fingerprint density at radius 2 is 1.66 bits per heavy atom. The van der Waals surface area contributed by atoms with Gasteiger partial charge >= 0.3 is 11.9 Å². The van der Waals surface area contributed by atoms with Crippen LogP contribution >= 0.6 is 0 Å². The first-order chi connectivity index (χ1) is 13.9. The molecule has 0 saturated carbocycles. The van der Waals surface area contributed by atoms with E-state index in [9.17, 15) is 14.7 Å². The van der Waals surface area contributed by atoms with E-state index >= 15 is 0 Å². The van der Waals surface area contributed by atoms with E-state index in [1.807, 2.05) is 0 Å². The van der Waals surface area contributed by atoms with Gasteiger partial charge in [0.1, 0.15) is 11.4 Å². The summed E-state index contributed by atoms with van der Waals surface area (Å²) in [6.07, 6.45) is -1.08. The predicted octanol–water partition coefficient (Wildman–Crippen LogP) is 4.60. The summed E-state index contributed by atoms with van der Waals surface area (Å²) in [6, 6.07) is 14.6. The second-order valence-electron chi connectivity index (χ2n) is 6.12. The van der Waals surface area contributed by atoms with Gasteiger partial charge in [0.25, 0.3) is 0 Å². The fraction of sp³-hybridized carbons (Fsp3) is 0.143. The molecule has 29 heavy (non-hydrogen) atoms. The zero-order valence-electron chi connectivity index (χ0n) is 15.7. The number of benzene rings is 3. The summed E-state index contributed by atoms with van der Waals surface area (Å²) in [5, 5.41) is 28.8. The first-order valence-corrected chi connectivity index (χ1v) is 8.65. The molecular weight excluding hydrogens is 376 g/mol. The number of carbonyl (C=O) groups excluding carboxylic acids is 1. The largest absolute Gasteiger partial charge is 0.505 e. The van der Waals surface area contributed by atoms with Crippen molar-refractivity contribution >= 4 is 34.1 Å². The molecule has 0 aliphatic rings. The van der Waals surface area contributed by atoms with Crippen LogP contribution in [0, 0.1) is 0 Å². The maximum Gasteiger partial charge on any atom is 0.344 e. The van der Waals surface area contributed by atoms with E-state index < -0.39 is 18.0 Å². The molecule has 1 atom stereocenters. The maximum absolute atomic E-state index is 11.5. The number of esters is 1. The van der Waals surface area contributed by atoms with Crippen LogP contribution in [-0.4, -0.2) is 35.4 Å². The van der Waals surface area contributed by atoms with E-state index in [2.05, 4.69) is 15.0 Å². The van der Waals surface area contributed by atoms with Gasteiger partial charge in [-0.25, -0.2) is 9.59 Å². The molecule has 3 aromatic carbocycles. The number of carboxylic acid groups (broad SMARTS) is 1. The normalized spacial score (nSPS) is 12.1. The predicted molar refractivity (Wildman–Crippen MR) is 105 cm³/mol. The van der Waals surface area contributed by atoms with Crippen LogP contribution in [0.25, 0.3) is 10.8 Å². The first kappa shape index (κ1) is 19.8. The van der Waals surface area contributed by atoms with Crippen molar-refractivity contribution in [3.8, 4) is 11.5 Å². The van der Waals surface area contributed by atoms with Gasteiger partial charge in [0, 0.05) is 16.8 Å². The minimum Gasteiger partial charge on any atom is -0.505 e. The number of phenolic OH excluding ortho intramolecular Hbond substituents is 1. The Morgan fingerprint density at radius 3 is 2.28 bits per heavy atom. The van der Waals surface area contributed by atoms with Gasteiger partial charge in [0.2, 0.25) is 0 Å². The highest BCUT2D eigenvalue weighted by Crippen LogP contribution is 2.41. The molecule has 0 aliphatic carbocycles. The number of aliphatic carboxylic acids is 1. The summed E-state index contributed by atoms with van der Waals surface area (Å²) in [4.78, 5) is 22.6. The number of hydrogen-bond acceptors (Lipinski definition) is 7. The molecule has 1 unspecified atom stereocenters. The second kappa shape index (κ2) is 8.39. The number of nitrogens with zero attached hydrogens (tertiary/aromatic N) is 2. The summed E-state index contributed by atoms with van der Waals surface area (Å²) in [6.45, 7) is 1.41. The van der Waals surface area contributed by atoms with Crippen LogP contribution in [0.3, 0.4) is 0 Å². The summed E-state index contributed by atoms with van der Waals surface area (Å²) in [7, 11) is 1.29. The zero-order chi connectivity index (χ0) is 21.0. The van der Waals surface area contributed by atoms with Crippen molar-refractivity contribution < 1.29 is 29.3 Å². The van der Waals surface area contributed by atoms with Crippen molar-refractivity contribution in [3.05, 3.63) is 60.2 Å². The zero-order valence-corrected chi connectivity index (χ0v) is 15.7. The molecule has 0 aliphatic heterocycles. The number of hydrogen-bond donors (Lipinski definition) is 2. The fourth-order valence-corrected chi connectivity index (χ4v) is 2.62. The Labute approximate surface area is 166 Å². The molecule has 0 amide bonds. The van der Waals surface area contributed by atoms with Crippen molar-refractivity contribution in [1.29, 1.82) is 0 Å². The summed E-state index contributed by atoms with van der Waals surface area (Å²) in [5.74, 6) is -1.42. The van der Waals surface area contributed by atoms with E-state index in [0.717, 1.165) is 0 Å². The average Bonchev–Trinajstić information content (AvgIpc) is 2.74. The molecule has 0 fully saturated rings. The number of methoxy groups -OCH3 is 1. The van der Waals surface area contributed by atoms with Crippen molar-refractivity contribution in [1.82, 2.24) is 0 Å². The smallest absolute Gasteiger partial charge is 0.344 e. The van der Waals surface area contributed by atoms with Crippen LogP contribution in [0.1, 0.15) is 17.3 Å². The molecule has 3 aromatic rings. The van der Waals surface area contributed by atoms with Gasteiger partial charge in [-0.2, -0.15) is 5.11 Å². The number of carbonyl (C=O) groups is 2. The standard InChI is InChI=1S/C21H18N2O6/c1-12(20(25)26)29-18-11-17(19(24)16-6-4-3-5-15(16)18)23-22-14-9-7-13(8-10-14)21(27)28-2/h3-12,24H,1-2H3,(H,25,26)/b23-22+. The van der Waals surface area contributed by atoms with Gasteiger partial charge < -0.3 is 19.7 Å². The van der Waals surface area contributed by atoms with Gasteiger partial charge in [-0.3, -0.25) is 0 Å². The van der Waals surface area contributed by atoms with Gasteiger partial charge in [-0.1, -0.05) is 24.3 Å². The van der Waals surface area contributed by atoms with Crippen LogP contribution in [0.4, 0.5) is 11.4 Å². The highest BCUT2D eigenvalue weighted by atomic mass is 16.5. The van der Waals surface area contributed by atoms with Gasteiger partial charge in [-0.05, 0) is 31.2 Å². The highest BCUT2D eigenvalue weighted by Gasteiger charge is 2.17. The van der Waals surface area contributed by atoms with E-state index in [0.29, 0.717) is 22.0 Å². The number of azo groups is 1. The lowest BCUT2D eigenvalue weighted by Gasteiger charge is -2.14. The lowest BCUT2D eigenvalue weighted by Crippen LogP contribution is -2.22. The molecule has 3 rings (SSSR count). The lowest BCUT2D eigenvalue weighted by molar-refractivity contribution is -0.144. The van der Waals surface area contributed by atoms with E-state index in [4.69, 9.17) is 9.84 Å². The molecule has 2 N–H and O–H groups in total. The Kier molecular flexibility index (Phi) is 5.73. The molecule has 0 radical (unpaired) electrons. The van der Waals surface area contributed by atoms with E-state index in [1.165, 1.54) is 20.1 Å². The van der Waals surface area contributed by atoms with Gasteiger partial charge in [0.05, 0.1) is 18.4 Å². The minimum absolute atomic E-state index is 0.106. The van der Waals surface area contributed by atoms with Crippen LogP contribution in [0.15, 0.2) is 64.8 Å². The lowest BCUT2D eigenvalue weighted by atomic mass is 10.1. The van der Waals surface area contributed by atoms with Crippen molar-refractivity contribution in [2.45, 2.75) is 13.0 Å². The molecular formula is C21H18N2O6. The number of carboxylic acids is 1. The van der Waals surface area contributed by atoms with E-state index in [1.54, 1.807) is 48.5 Å². The van der Waals surface area contributed by atoms with Gasteiger partial charge in [-0.15, -0.1) is 5.11 Å². The second-order valence-corrected chi connectivity index (χ2v) is 6.12. The highest BCUT2D eigenvalue weighted by molar-refractivity contribution is 5.97. The molecule has 0 saturated heterocycles. The molecule has 0 heterocycles. The molecule has 0 spiro atoms. The topological polar surface area (TPSA) is 118 Å². The molecule has 0 aromatic heterocycles. The van der Waals surface area contributed by atoms with Crippen LogP contribution in [0.5, 0.6) is 11.5 Å². The SMILES string of the molecule is COC(=O)c1ccc(/N=N/c2cc(OC(C)C(=O)O)c3ccccc3c2O)cc1. The number of aromatic hydroxyl groups is 1. The number of ether oxygens (including phenoxy) is 2.